The van der Waals surface area contributed by atoms with Crippen LogP contribution < -0.4 is 15.4 Å². The zero-order valence-electron chi connectivity index (χ0n) is 16.2. The second kappa shape index (κ2) is 10.1. The van der Waals surface area contributed by atoms with Gasteiger partial charge in [-0.25, -0.2) is 0 Å². The number of halogens is 4. The maximum Gasteiger partial charge on any atom is 0.573 e. The number of ether oxygens (including phenoxy) is 1. The van der Waals surface area contributed by atoms with Gasteiger partial charge < -0.3 is 15.4 Å². The lowest BCUT2D eigenvalue weighted by atomic mass is 10.2. The van der Waals surface area contributed by atoms with Crippen LogP contribution in [0.1, 0.15) is 15.9 Å². The lowest BCUT2D eigenvalue weighted by Gasteiger charge is -2.15. The van der Waals surface area contributed by atoms with Gasteiger partial charge >= 0.3 is 6.36 Å². The molecule has 0 aliphatic rings. The van der Waals surface area contributed by atoms with Crippen molar-refractivity contribution in [1.82, 2.24) is 10.3 Å². The predicted octanol–water partition coefficient (Wildman–Crippen LogP) is 5.15. The van der Waals surface area contributed by atoms with Gasteiger partial charge in [-0.15, -0.1) is 13.2 Å². The Labute approximate surface area is 189 Å². The molecule has 0 saturated heterocycles. The second-order valence-corrected chi connectivity index (χ2v) is 7.13. The highest BCUT2D eigenvalue weighted by Gasteiger charge is 2.32. The van der Waals surface area contributed by atoms with Crippen molar-refractivity contribution < 1.29 is 27.5 Å². The highest BCUT2D eigenvalue weighted by molar-refractivity contribution is 9.10. The first kappa shape index (κ1) is 23.0. The van der Waals surface area contributed by atoms with E-state index in [1.807, 2.05) is 0 Å². The summed E-state index contributed by atoms with van der Waals surface area (Å²) in [6.07, 6.45) is -0.604. The van der Waals surface area contributed by atoms with Gasteiger partial charge in [-0.3, -0.25) is 14.6 Å². The van der Waals surface area contributed by atoms with E-state index < -0.39 is 23.9 Å². The van der Waals surface area contributed by atoms with Crippen LogP contribution in [0.4, 0.5) is 18.9 Å². The number of hydrogen-bond donors (Lipinski definition) is 2. The zero-order valence-corrected chi connectivity index (χ0v) is 17.8. The number of aromatic nitrogens is 1. The van der Waals surface area contributed by atoms with E-state index in [1.54, 1.807) is 36.4 Å². The molecular weight excluding hydrogens is 491 g/mol. The number of rotatable bonds is 6. The lowest BCUT2D eigenvalue weighted by molar-refractivity contribution is -0.274. The standard InChI is InChI=1S/C22H15BrF3N3O3/c23-16-8-2-1-7-15(16)20(30)29-18(12-14-6-5-11-27-13-14)21(31)28-17-9-3-4-10-19(17)32-22(24,25)26/h1-13H,(H,28,31)(H,29,30). The third kappa shape index (κ3) is 6.42. The summed E-state index contributed by atoms with van der Waals surface area (Å²) in [6.45, 7) is 0. The summed E-state index contributed by atoms with van der Waals surface area (Å²) in [6, 6.07) is 14.9. The van der Waals surface area contributed by atoms with Gasteiger partial charge in [0.1, 0.15) is 5.70 Å². The molecular formula is C22H15BrF3N3O3. The van der Waals surface area contributed by atoms with Crippen LogP contribution in [0.25, 0.3) is 6.08 Å². The summed E-state index contributed by atoms with van der Waals surface area (Å²) in [5, 5.41) is 4.85. The number of amides is 2. The molecule has 0 aliphatic carbocycles. The first-order chi connectivity index (χ1) is 15.2. The Morgan fingerprint density at radius 2 is 1.72 bits per heavy atom. The molecule has 0 fully saturated rings. The van der Waals surface area contributed by atoms with Gasteiger partial charge in [0, 0.05) is 16.9 Å². The van der Waals surface area contributed by atoms with Gasteiger partial charge in [0.05, 0.1) is 11.3 Å². The van der Waals surface area contributed by atoms with Crippen molar-refractivity contribution in [3.05, 3.63) is 94.4 Å². The molecule has 1 aromatic heterocycles. The molecule has 0 spiro atoms. The fraction of sp³-hybridized carbons (Fsp3) is 0.0455. The Bertz CT molecular complexity index is 1150. The molecule has 3 aromatic rings. The van der Waals surface area contributed by atoms with Gasteiger partial charge in [-0.2, -0.15) is 0 Å². The smallest absolute Gasteiger partial charge is 0.404 e. The van der Waals surface area contributed by atoms with E-state index in [9.17, 15) is 22.8 Å². The van der Waals surface area contributed by atoms with Gasteiger partial charge in [0.15, 0.2) is 5.75 Å². The Balaban J connectivity index is 1.91. The van der Waals surface area contributed by atoms with E-state index in [4.69, 9.17) is 0 Å². The first-order valence-corrected chi connectivity index (χ1v) is 9.86. The van der Waals surface area contributed by atoms with Crippen molar-refractivity contribution in [1.29, 1.82) is 0 Å². The van der Waals surface area contributed by atoms with Gasteiger partial charge in [-0.05, 0) is 57.9 Å². The van der Waals surface area contributed by atoms with Crippen molar-refractivity contribution in [2.75, 3.05) is 5.32 Å². The summed E-state index contributed by atoms with van der Waals surface area (Å²) in [5.41, 5.74) is 0.325. The SMILES string of the molecule is O=C(Nc1ccccc1OC(F)(F)F)C(=Cc1cccnc1)NC(=O)c1ccccc1Br. The average molecular weight is 506 g/mol. The Morgan fingerprint density at radius 1 is 1.00 bits per heavy atom. The summed E-state index contributed by atoms with van der Waals surface area (Å²) in [4.78, 5) is 29.6. The summed E-state index contributed by atoms with van der Waals surface area (Å²) in [5.74, 6) is -2.04. The predicted molar refractivity (Wildman–Crippen MR) is 116 cm³/mol. The van der Waals surface area contributed by atoms with Crippen LogP contribution in [0, 0.1) is 0 Å². The maximum atomic E-state index is 12.9. The quantitative estimate of drug-likeness (QED) is 0.454. The Kier molecular flexibility index (Phi) is 7.26. The largest absolute Gasteiger partial charge is 0.573 e. The summed E-state index contributed by atoms with van der Waals surface area (Å²) in [7, 11) is 0. The topological polar surface area (TPSA) is 80.3 Å². The molecule has 0 aliphatic heterocycles. The molecule has 10 heteroatoms. The van der Waals surface area contributed by atoms with Crippen molar-refractivity contribution in [3.63, 3.8) is 0 Å². The van der Waals surface area contributed by atoms with E-state index in [0.29, 0.717) is 10.0 Å². The Hall–Kier alpha value is -3.66. The lowest BCUT2D eigenvalue weighted by Crippen LogP contribution is -2.31. The fourth-order valence-electron chi connectivity index (χ4n) is 2.59. The Morgan fingerprint density at radius 3 is 2.41 bits per heavy atom. The molecule has 164 valence electrons. The number of carbonyl (C=O) groups excluding carboxylic acids is 2. The number of alkyl halides is 3. The minimum absolute atomic E-state index is 0.208. The van der Waals surface area contributed by atoms with Crippen molar-refractivity contribution in [2.45, 2.75) is 6.36 Å². The molecule has 6 nitrogen and oxygen atoms in total. The first-order valence-electron chi connectivity index (χ1n) is 9.06. The molecule has 3 rings (SSSR count). The number of nitrogens with zero attached hydrogens (tertiary/aromatic N) is 1. The second-order valence-electron chi connectivity index (χ2n) is 6.28. The van der Waals surface area contributed by atoms with Crippen LogP contribution in [-0.4, -0.2) is 23.2 Å². The van der Waals surface area contributed by atoms with Crippen LogP contribution in [0.5, 0.6) is 5.75 Å². The van der Waals surface area contributed by atoms with Crippen LogP contribution in [0.3, 0.4) is 0 Å². The van der Waals surface area contributed by atoms with E-state index in [1.165, 1.54) is 36.7 Å². The molecule has 0 atom stereocenters. The third-order valence-electron chi connectivity index (χ3n) is 3.97. The molecule has 2 aromatic carbocycles. The van der Waals surface area contributed by atoms with Gasteiger partial charge in [-0.1, -0.05) is 30.3 Å². The number of anilines is 1. The average Bonchev–Trinajstić information content (AvgIpc) is 2.74. The van der Waals surface area contributed by atoms with Crippen molar-refractivity contribution in [2.24, 2.45) is 0 Å². The minimum atomic E-state index is -4.94. The number of nitrogens with one attached hydrogen (secondary N) is 2. The molecule has 0 bridgehead atoms. The van der Waals surface area contributed by atoms with Crippen LogP contribution >= 0.6 is 15.9 Å². The highest BCUT2D eigenvalue weighted by Crippen LogP contribution is 2.30. The number of para-hydroxylation sites is 2. The zero-order chi connectivity index (χ0) is 23.1. The normalized spacial score (nSPS) is 11.6. The van der Waals surface area contributed by atoms with Crippen LogP contribution in [0.2, 0.25) is 0 Å². The van der Waals surface area contributed by atoms with Crippen molar-refractivity contribution in [3.8, 4) is 5.75 Å². The highest BCUT2D eigenvalue weighted by atomic mass is 79.9. The van der Waals surface area contributed by atoms with E-state index in [0.717, 1.165) is 6.07 Å². The molecule has 2 amide bonds. The number of carbonyl (C=O) groups is 2. The molecule has 1 heterocycles. The van der Waals surface area contributed by atoms with E-state index in [-0.39, 0.29) is 16.9 Å². The molecule has 0 radical (unpaired) electrons. The summed E-state index contributed by atoms with van der Waals surface area (Å²) >= 11 is 3.27. The van der Waals surface area contributed by atoms with Gasteiger partial charge in [0.2, 0.25) is 0 Å². The van der Waals surface area contributed by atoms with Crippen LogP contribution in [0.15, 0.2) is 83.2 Å². The fourth-order valence-corrected chi connectivity index (χ4v) is 3.06. The molecule has 0 saturated carbocycles. The molecule has 32 heavy (non-hydrogen) atoms. The van der Waals surface area contributed by atoms with E-state index >= 15 is 0 Å². The maximum absolute atomic E-state index is 12.9. The van der Waals surface area contributed by atoms with Crippen LogP contribution in [-0.2, 0) is 4.79 Å². The molecule has 0 unspecified atom stereocenters. The third-order valence-corrected chi connectivity index (χ3v) is 4.66. The summed E-state index contributed by atoms with van der Waals surface area (Å²) < 4.78 is 42.5. The van der Waals surface area contributed by atoms with Crippen molar-refractivity contribution >= 4 is 39.5 Å². The monoisotopic (exact) mass is 505 g/mol. The van der Waals surface area contributed by atoms with Gasteiger partial charge in [0.25, 0.3) is 11.8 Å². The number of hydrogen-bond acceptors (Lipinski definition) is 4. The minimum Gasteiger partial charge on any atom is -0.404 e. The van der Waals surface area contributed by atoms with E-state index in [2.05, 4.69) is 36.3 Å². The number of benzene rings is 2. The molecule has 2 N–H and O–H groups in total. The number of pyridine rings is 1.